The van der Waals surface area contributed by atoms with Crippen LogP contribution in [0.3, 0.4) is 0 Å². The fourth-order valence-electron chi connectivity index (χ4n) is 2.51. The quantitative estimate of drug-likeness (QED) is 0.634. The van der Waals surface area contributed by atoms with Crippen LogP contribution >= 0.6 is 0 Å². The van der Waals surface area contributed by atoms with Crippen LogP contribution in [-0.2, 0) is 17.7 Å². The van der Waals surface area contributed by atoms with Gasteiger partial charge in [-0.05, 0) is 50.5 Å². The molecule has 0 saturated heterocycles. The molecule has 0 aliphatic rings. The smallest absolute Gasteiger partial charge is 0.0615 e. The Hall–Kier alpha value is -0.900. The van der Waals surface area contributed by atoms with Gasteiger partial charge in [0.05, 0.1) is 6.61 Å². The first kappa shape index (κ1) is 18.1. The van der Waals surface area contributed by atoms with E-state index in [9.17, 15) is 0 Å². The molecule has 0 amide bonds. The van der Waals surface area contributed by atoms with Gasteiger partial charge in [-0.15, -0.1) is 0 Å². The van der Waals surface area contributed by atoms with Crippen LogP contribution in [0.2, 0.25) is 0 Å². The van der Waals surface area contributed by atoms with Gasteiger partial charge in [0.25, 0.3) is 0 Å². The molecule has 1 atom stereocenters. The summed E-state index contributed by atoms with van der Waals surface area (Å²) < 4.78 is 5.26. The van der Waals surface area contributed by atoms with E-state index in [1.807, 2.05) is 0 Å². The fraction of sp³-hybridized carbons (Fsp3) is 0.667. The highest BCUT2D eigenvalue weighted by Gasteiger charge is 2.11. The van der Waals surface area contributed by atoms with E-state index >= 15 is 0 Å². The van der Waals surface area contributed by atoms with Crippen molar-refractivity contribution in [3.8, 4) is 0 Å². The van der Waals surface area contributed by atoms with Gasteiger partial charge in [-0.1, -0.05) is 38.1 Å². The Labute approximate surface area is 130 Å². The molecule has 0 saturated carbocycles. The molecule has 0 radical (unpaired) electrons. The van der Waals surface area contributed by atoms with Crippen molar-refractivity contribution in [2.45, 2.75) is 46.2 Å². The van der Waals surface area contributed by atoms with Crippen LogP contribution in [-0.4, -0.2) is 44.3 Å². The van der Waals surface area contributed by atoms with Crippen molar-refractivity contribution in [1.29, 1.82) is 0 Å². The van der Waals surface area contributed by atoms with Crippen molar-refractivity contribution < 1.29 is 4.74 Å². The van der Waals surface area contributed by atoms with Gasteiger partial charge in [0.1, 0.15) is 0 Å². The van der Waals surface area contributed by atoms with Crippen molar-refractivity contribution >= 4 is 0 Å². The predicted octanol–water partition coefficient (Wildman–Crippen LogP) is 3.09. The highest BCUT2D eigenvalue weighted by atomic mass is 16.5. The van der Waals surface area contributed by atoms with Crippen LogP contribution in [0.5, 0.6) is 0 Å². The van der Waals surface area contributed by atoms with Crippen LogP contribution in [0.15, 0.2) is 24.3 Å². The minimum atomic E-state index is 0.456. The molecular weight excluding hydrogens is 260 g/mol. The largest absolute Gasteiger partial charge is 0.383 e. The zero-order valence-electron chi connectivity index (χ0n) is 14.2. The summed E-state index contributed by atoms with van der Waals surface area (Å²) in [4.78, 5) is 2.45. The third-order valence-electron chi connectivity index (χ3n) is 3.86. The molecule has 3 heteroatoms. The van der Waals surface area contributed by atoms with E-state index in [4.69, 9.17) is 4.74 Å². The van der Waals surface area contributed by atoms with Gasteiger partial charge in [-0.2, -0.15) is 0 Å². The molecule has 1 aromatic carbocycles. The molecule has 0 fully saturated rings. The van der Waals surface area contributed by atoms with Gasteiger partial charge in [0.2, 0.25) is 0 Å². The molecule has 3 nitrogen and oxygen atoms in total. The molecule has 0 aliphatic heterocycles. The summed E-state index contributed by atoms with van der Waals surface area (Å²) in [6.07, 6.45) is 2.31. The predicted molar refractivity (Wildman–Crippen MR) is 90.7 cm³/mol. The lowest BCUT2D eigenvalue weighted by molar-refractivity contribution is 0.0982. The molecule has 1 N–H and O–H groups in total. The number of ether oxygens (including phenoxy) is 1. The normalized spacial score (nSPS) is 12.8. The first-order valence-electron chi connectivity index (χ1n) is 8.22. The van der Waals surface area contributed by atoms with Crippen LogP contribution < -0.4 is 5.32 Å². The van der Waals surface area contributed by atoms with Crippen molar-refractivity contribution in [2.24, 2.45) is 0 Å². The molecule has 120 valence electrons. The van der Waals surface area contributed by atoms with Gasteiger partial charge >= 0.3 is 0 Å². The Morgan fingerprint density at radius 2 is 1.76 bits per heavy atom. The Balaban J connectivity index is 2.45. The molecule has 1 rings (SSSR count). The summed E-state index contributed by atoms with van der Waals surface area (Å²) in [6, 6.07) is 9.50. The molecule has 1 unspecified atom stereocenters. The van der Waals surface area contributed by atoms with Crippen LogP contribution in [0, 0.1) is 0 Å². The molecule has 0 bridgehead atoms. The Morgan fingerprint density at radius 3 is 2.33 bits per heavy atom. The van der Waals surface area contributed by atoms with Crippen molar-refractivity contribution in [1.82, 2.24) is 10.2 Å². The second kappa shape index (κ2) is 10.8. The van der Waals surface area contributed by atoms with Gasteiger partial charge in [-0.3, -0.25) is 4.90 Å². The third-order valence-corrected chi connectivity index (χ3v) is 3.86. The van der Waals surface area contributed by atoms with Gasteiger partial charge in [0.15, 0.2) is 0 Å². The second-order valence-corrected chi connectivity index (χ2v) is 5.68. The maximum absolute atomic E-state index is 5.26. The number of hydrogen-bond donors (Lipinski definition) is 1. The second-order valence-electron chi connectivity index (χ2n) is 5.68. The van der Waals surface area contributed by atoms with E-state index < -0.39 is 0 Å². The molecule has 21 heavy (non-hydrogen) atoms. The first-order valence-corrected chi connectivity index (χ1v) is 8.22. The number of benzene rings is 1. The van der Waals surface area contributed by atoms with Gasteiger partial charge in [-0.25, -0.2) is 0 Å². The van der Waals surface area contributed by atoms with Crippen molar-refractivity contribution in [2.75, 3.05) is 33.4 Å². The lowest BCUT2D eigenvalue weighted by atomic mass is 10.1. The summed E-state index contributed by atoms with van der Waals surface area (Å²) in [7, 11) is 1.77. The van der Waals surface area contributed by atoms with Crippen LogP contribution in [0.25, 0.3) is 0 Å². The molecule has 1 aromatic rings. The third kappa shape index (κ3) is 7.07. The average Bonchev–Trinajstić information content (AvgIpc) is 2.50. The zero-order valence-corrected chi connectivity index (χ0v) is 14.2. The molecule has 0 heterocycles. The summed E-state index contributed by atoms with van der Waals surface area (Å²) in [6.45, 7) is 11.6. The Kier molecular flexibility index (Phi) is 9.31. The fourth-order valence-corrected chi connectivity index (χ4v) is 2.51. The number of nitrogens with one attached hydrogen (secondary N) is 1. The number of likely N-dealkylation sites (N-methyl/N-ethyl adjacent to an activating group) is 1. The minimum absolute atomic E-state index is 0.456. The Bertz CT molecular complexity index is 364. The van der Waals surface area contributed by atoms with E-state index in [-0.39, 0.29) is 0 Å². The topological polar surface area (TPSA) is 24.5 Å². The Morgan fingerprint density at radius 1 is 1.10 bits per heavy atom. The first-order chi connectivity index (χ1) is 10.2. The lowest BCUT2D eigenvalue weighted by Gasteiger charge is -2.27. The van der Waals surface area contributed by atoms with E-state index in [0.29, 0.717) is 6.04 Å². The SMILES string of the molecule is CCCNCCc1ccc(CN(CC)C(C)COC)cc1. The number of nitrogens with zero attached hydrogens (tertiary/aromatic N) is 1. The summed E-state index contributed by atoms with van der Waals surface area (Å²) in [5, 5.41) is 3.45. The van der Waals surface area contributed by atoms with Gasteiger partial charge < -0.3 is 10.1 Å². The van der Waals surface area contributed by atoms with Crippen molar-refractivity contribution in [3.63, 3.8) is 0 Å². The molecular formula is C18H32N2O. The summed E-state index contributed by atoms with van der Waals surface area (Å²) >= 11 is 0. The van der Waals surface area contributed by atoms with E-state index in [0.717, 1.165) is 39.2 Å². The number of rotatable bonds is 11. The summed E-state index contributed by atoms with van der Waals surface area (Å²) in [5.74, 6) is 0. The van der Waals surface area contributed by atoms with Gasteiger partial charge in [0, 0.05) is 19.7 Å². The van der Waals surface area contributed by atoms with Crippen LogP contribution in [0.1, 0.15) is 38.3 Å². The highest BCUT2D eigenvalue weighted by Crippen LogP contribution is 2.10. The number of methoxy groups -OCH3 is 1. The summed E-state index contributed by atoms with van der Waals surface area (Å²) in [5.41, 5.74) is 2.79. The van der Waals surface area contributed by atoms with E-state index in [2.05, 4.69) is 55.3 Å². The standard InChI is InChI=1S/C18H32N2O/c1-5-12-19-13-11-17-7-9-18(10-8-17)14-20(6-2)16(3)15-21-4/h7-10,16,19H,5-6,11-15H2,1-4H3. The zero-order chi connectivity index (χ0) is 15.5. The minimum Gasteiger partial charge on any atom is -0.383 e. The lowest BCUT2D eigenvalue weighted by Crippen LogP contribution is -2.35. The molecule has 0 spiro atoms. The average molecular weight is 292 g/mol. The van der Waals surface area contributed by atoms with Crippen molar-refractivity contribution in [3.05, 3.63) is 35.4 Å². The maximum atomic E-state index is 5.26. The number of hydrogen-bond acceptors (Lipinski definition) is 3. The molecule has 0 aromatic heterocycles. The van der Waals surface area contributed by atoms with Crippen LogP contribution in [0.4, 0.5) is 0 Å². The van der Waals surface area contributed by atoms with E-state index in [1.54, 1.807) is 7.11 Å². The highest BCUT2D eigenvalue weighted by molar-refractivity contribution is 5.22. The monoisotopic (exact) mass is 292 g/mol. The maximum Gasteiger partial charge on any atom is 0.0615 e. The molecule has 0 aliphatic carbocycles. The van der Waals surface area contributed by atoms with E-state index in [1.165, 1.54) is 17.5 Å².